The van der Waals surface area contributed by atoms with Gasteiger partial charge in [-0.25, -0.2) is 9.59 Å². The zero-order valence-electron chi connectivity index (χ0n) is 9.78. The summed E-state index contributed by atoms with van der Waals surface area (Å²) in [6.45, 7) is 0.0288. The maximum atomic E-state index is 11.8. The van der Waals surface area contributed by atoms with Gasteiger partial charge in [-0.3, -0.25) is 4.39 Å². The average Bonchev–Trinajstić information content (AvgIpc) is 2.37. The number of carbonyl (C=O) groups is 2. The SMILES string of the molecule is O=C(NCCCF)NCc1cccc(C(=O)O)c1. The maximum absolute atomic E-state index is 11.8. The predicted octanol–water partition coefficient (Wildman–Crippen LogP) is 1.54. The molecule has 0 unspecified atom stereocenters. The Labute approximate surface area is 104 Å². The number of hydrogen-bond donors (Lipinski definition) is 3. The minimum absolute atomic E-state index is 0.173. The summed E-state index contributed by atoms with van der Waals surface area (Å²) in [6, 6.07) is 5.90. The van der Waals surface area contributed by atoms with E-state index in [2.05, 4.69) is 10.6 Å². The van der Waals surface area contributed by atoms with E-state index in [9.17, 15) is 14.0 Å². The summed E-state index contributed by atoms with van der Waals surface area (Å²) >= 11 is 0. The Hall–Kier alpha value is -2.11. The number of nitrogens with one attached hydrogen (secondary N) is 2. The van der Waals surface area contributed by atoms with Crippen LogP contribution >= 0.6 is 0 Å². The van der Waals surface area contributed by atoms with E-state index in [1.807, 2.05) is 0 Å². The summed E-state index contributed by atoms with van der Waals surface area (Å²) in [4.78, 5) is 22.0. The second kappa shape index (κ2) is 7.26. The van der Waals surface area contributed by atoms with Crippen LogP contribution in [-0.2, 0) is 6.54 Å². The maximum Gasteiger partial charge on any atom is 0.335 e. The van der Waals surface area contributed by atoms with E-state index >= 15 is 0 Å². The monoisotopic (exact) mass is 254 g/mol. The van der Waals surface area contributed by atoms with E-state index in [1.54, 1.807) is 12.1 Å². The Balaban J connectivity index is 2.41. The van der Waals surface area contributed by atoms with E-state index in [-0.39, 0.29) is 25.1 Å². The van der Waals surface area contributed by atoms with Crippen molar-refractivity contribution < 1.29 is 19.1 Å². The van der Waals surface area contributed by atoms with Gasteiger partial charge in [0.1, 0.15) is 0 Å². The fraction of sp³-hybridized carbons (Fsp3) is 0.333. The molecule has 98 valence electrons. The van der Waals surface area contributed by atoms with Gasteiger partial charge in [0.05, 0.1) is 12.2 Å². The molecule has 0 atom stereocenters. The fourth-order valence-electron chi connectivity index (χ4n) is 1.33. The minimum atomic E-state index is -1.01. The minimum Gasteiger partial charge on any atom is -0.478 e. The number of rotatable bonds is 6. The summed E-state index contributed by atoms with van der Waals surface area (Å²) in [5, 5.41) is 13.8. The van der Waals surface area contributed by atoms with E-state index < -0.39 is 18.7 Å². The first-order valence-electron chi connectivity index (χ1n) is 5.53. The van der Waals surface area contributed by atoms with E-state index in [1.165, 1.54) is 12.1 Å². The van der Waals surface area contributed by atoms with Crippen molar-refractivity contribution in [3.8, 4) is 0 Å². The summed E-state index contributed by atoms with van der Waals surface area (Å²) in [5.74, 6) is -1.01. The van der Waals surface area contributed by atoms with Crippen molar-refractivity contribution in [2.24, 2.45) is 0 Å². The molecule has 0 spiro atoms. The van der Waals surface area contributed by atoms with Gasteiger partial charge in [-0.1, -0.05) is 12.1 Å². The quantitative estimate of drug-likeness (QED) is 0.674. The lowest BCUT2D eigenvalue weighted by Crippen LogP contribution is -2.35. The Kier molecular flexibility index (Phi) is 5.63. The number of amides is 2. The molecule has 0 bridgehead atoms. The number of halogens is 1. The molecule has 0 saturated carbocycles. The van der Waals surface area contributed by atoms with Crippen LogP contribution in [-0.4, -0.2) is 30.3 Å². The molecular formula is C12H15FN2O3. The fourth-order valence-corrected chi connectivity index (χ4v) is 1.33. The summed E-state index contributed by atoms with van der Waals surface area (Å²) in [6.07, 6.45) is 0.280. The lowest BCUT2D eigenvalue weighted by Gasteiger charge is -2.07. The molecule has 0 aliphatic carbocycles. The molecule has 1 aromatic carbocycles. The first-order valence-corrected chi connectivity index (χ1v) is 5.53. The Morgan fingerprint density at radius 2 is 2.06 bits per heavy atom. The third kappa shape index (κ3) is 4.82. The second-order valence-corrected chi connectivity index (χ2v) is 3.66. The first kappa shape index (κ1) is 14.0. The van der Waals surface area contributed by atoms with E-state index in [0.717, 1.165) is 0 Å². The normalized spacial score (nSPS) is 9.83. The Morgan fingerprint density at radius 3 is 2.72 bits per heavy atom. The van der Waals surface area contributed by atoms with Crippen LogP contribution in [0.5, 0.6) is 0 Å². The standard InChI is InChI=1S/C12H15FN2O3/c13-5-2-6-14-12(18)15-8-9-3-1-4-10(7-9)11(16)17/h1,3-4,7H,2,5-6,8H2,(H,16,17)(H2,14,15,18). The highest BCUT2D eigenvalue weighted by atomic mass is 19.1. The number of carbonyl (C=O) groups excluding carboxylic acids is 1. The van der Waals surface area contributed by atoms with Gasteiger partial charge in [0, 0.05) is 13.1 Å². The van der Waals surface area contributed by atoms with Gasteiger partial charge in [-0.15, -0.1) is 0 Å². The molecule has 2 amide bonds. The molecule has 18 heavy (non-hydrogen) atoms. The number of aromatic carboxylic acids is 1. The second-order valence-electron chi connectivity index (χ2n) is 3.66. The molecule has 0 radical (unpaired) electrons. The van der Waals surface area contributed by atoms with Crippen LogP contribution in [0.1, 0.15) is 22.3 Å². The molecule has 0 saturated heterocycles. The van der Waals surface area contributed by atoms with Crippen molar-refractivity contribution in [1.82, 2.24) is 10.6 Å². The molecule has 0 aliphatic heterocycles. The first-order chi connectivity index (χ1) is 8.63. The highest BCUT2D eigenvalue weighted by Crippen LogP contribution is 2.04. The van der Waals surface area contributed by atoms with Crippen molar-refractivity contribution >= 4 is 12.0 Å². The van der Waals surface area contributed by atoms with Crippen molar-refractivity contribution in [2.75, 3.05) is 13.2 Å². The van der Waals surface area contributed by atoms with E-state index in [4.69, 9.17) is 5.11 Å². The Bertz CT molecular complexity index is 424. The van der Waals surface area contributed by atoms with Crippen LogP contribution < -0.4 is 10.6 Å². The molecule has 3 N–H and O–H groups in total. The van der Waals surface area contributed by atoms with Gasteiger partial charge in [-0.2, -0.15) is 0 Å². The summed E-state index contributed by atoms with van der Waals surface area (Å²) in [5.41, 5.74) is 0.864. The molecule has 5 nitrogen and oxygen atoms in total. The summed E-state index contributed by atoms with van der Waals surface area (Å²) in [7, 11) is 0. The topological polar surface area (TPSA) is 78.4 Å². The number of urea groups is 1. The number of carboxylic acids is 1. The predicted molar refractivity (Wildman–Crippen MR) is 64.2 cm³/mol. The molecule has 1 aromatic rings. The third-order valence-electron chi connectivity index (χ3n) is 2.22. The molecule has 0 heterocycles. The van der Waals surface area contributed by atoms with Crippen LogP contribution in [0.25, 0.3) is 0 Å². The van der Waals surface area contributed by atoms with Crippen LogP contribution in [0, 0.1) is 0 Å². The highest BCUT2D eigenvalue weighted by Gasteiger charge is 2.04. The zero-order valence-corrected chi connectivity index (χ0v) is 9.78. The van der Waals surface area contributed by atoms with Gasteiger partial charge < -0.3 is 15.7 Å². The van der Waals surface area contributed by atoms with E-state index in [0.29, 0.717) is 5.56 Å². The van der Waals surface area contributed by atoms with Crippen LogP contribution in [0.3, 0.4) is 0 Å². The number of alkyl halides is 1. The van der Waals surface area contributed by atoms with Crippen molar-refractivity contribution in [3.05, 3.63) is 35.4 Å². The van der Waals surface area contributed by atoms with Gasteiger partial charge in [0.15, 0.2) is 0 Å². The van der Waals surface area contributed by atoms with Crippen molar-refractivity contribution in [3.63, 3.8) is 0 Å². The molecule has 0 aliphatic rings. The molecule has 0 fully saturated rings. The highest BCUT2D eigenvalue weighted by molar-refractivity contribution is 5.87. The molecular weight excluding hydrogens is 239 g/mol. The van der Waals surface area contributed by atoms with Crippen LogP contribution in [0.2, 0.25) is 0 Å². The van der Waals surface area contributed by atoms with Gasteiger partial charge >= 0.3 is 12.0 Å². The zero-order chi connectivity index (χ0) is 13.4. The lowest BCUT2D eigenvalue weighted by molar-refractivity contribution is 0.0696. The van der Waals surface area contributed by atoms with Crippen LogP contribution in [0.4, 0.5) is 9.18 Å². The molecule has 0 aromatic heterocycles. The molecule has 6 heteroatoms. The van der Waals surface area contributed by atoms with Gasteiger partial charge in [0.2, 0.25) is 0 Å². The van der Waals surface area contributed by atoms with Gasteiger partial charge in [-0.05, 0) is 24.1 Å². The largest absolute Gasteiger partial charge is 0.478 e. The summed E-state index contributed by atoms with van der Waals surface area (Å²) < 4.78 is 11.8. The van der Waals surface area contributed by atoms with Crippen LogP contribution in [0.15, 0.2) is 24.3 Å². The van der Waals surface area contributed by atoms with Crippen molar-refractivity contribution in [2.45, 2.75) is 13.0 Å². The third-order valence-corrected chi connectivity index (χ3v) is 2.22. The number of hydrogen-bond acceptors (Lipinski definition) is 2. The van der Waals surface area contributed by atoms with Crippen molar-refractivity contribution in [1.29, 1.82) is 0 Å². The number of benzene rings is 1. The average molecular weight is 254 g/mol. The smallest absolute Gasteiger partial charge is 0.335 e. The number of carboxylic acid groups (broad SMARTS) is 1. The molecule has 1 rings (SSSR count). The van der Waals surface area contributed by atoms with Gasteiger partial charge in [0.25, 0.3) is 0 Å². The Morgan fingerprint density at radius 1 is 1.28 bits per heavy atom. The lowest BCUT2D eigenvalue weighted by atomic mass is 10.1.